The molecule has 23 heavy (non-hydrogen) atoms. The zero-order chi connectivity index (χ0) is 16.1. The maximum Gasteiger partial charge on any atom is 0.224 e. The molecule has 2 heterocycles. The van der Waals surface area contributed by atoms with Crippen LogP contribution in [0.4, 0.5) is 0 Å². The summed E-state index contributed by atoms with van der Waals surface area (Å²) in [5.74, 6) is 1.75. The van der Waals surface area contributed by atoms with E-state index in [4.69, 9.17) is 4.74 Å². The predicted molar refractivity (Wildman–Crippen MR) is 88.6 cm³/mol. The molecule has 0 radical (unpaired) electrons. The highest BCUT2D eigenvalue weighted by Gasteiger charge is 2.06. The molecule has 2 aromatic heterocycles. The van der Waals surface area contributed by atoms with Crippen LogP contribution in [0.1, 0.15) is 11.4 Å². The molecule has 0 aliphatic rings. The van der Waals surface area contributed by atoms with E-state index >= 15 is 0 Å². The second-order valence-electron chi connectivity index (χ2n) is 5.29. The summed E-state index contributed by atoms with van der Waals surface area (Å²) in [5.41, 5.74) is 2.03. The van der Waals surface area contributed by atoms with Gasteiger partial charge in [0, 0.05) is 19.2 Å². The fraction of sp³-hybridized carbons (Fsp3) is 0.222. The molecule has 5 heteroatoms. The Morgan fingerprint density at radius 2 is 2.04 bits per heavy atom. The van der Waals surface area contributed by atoms with E-state index in [1.807, 2.05) is 59.3 Å². The molecule has 3 aromatic rings. The summed E-state index contributed by atoms with van der Waals surface area (Å²) in [6.07, 6.45) is 4.89. The Morgan fingerprint density at radius 3 is 2.83 bits per heavy atom. The number of imidazole rings is 1. The van der Waals surface area contributed by atoms with Crippen LogP contribution in [0.15, 0.2) is 54.9 Å². The predicted octanol–water partition coefficient (Wildman–Crippen LogP) is 2.24. The summed E-state index contributed by atoms with van der Waals surface area (Å²) in [7, 11) is 1.63. The average Bonchev–Trinajstić information content (AvgIpc) is 2.99. The molecular weight excluding hydrogens is 290 g/mol. The van der Waals surface area contributed by atoms with Crippen molar-refractivity contribution < 1.29 is 9.53 Å². The Hall–Kier alpha value is -2.82. The number of pyridine rings is 1. The number of rotatable bonds is 6. The van der Waals surface area contributed by atoms with Crippen LogP contribution in [0, 0.1) is 0 Å². The lowest BCUT2D eigenvalue weighted by Gasteiger charge is -2.06. The second kappa shape index (κ2) is 6.96. The molecule has 0 atom stereocenters. The van der Waals surface area contributed by atoms with Gasteiger partial charge in [-0.05, 0) is 29.8 Å². The molecule has 3 rings (SSSR count). The van der Waals surface area contributed by atoms with Crippen molar-refractivity contribution in [2.24, 2.45) is 0 Å². The fourth-order valence-electron chi connectivity index (χ4n) is 2.49. The van der Waals surface area contributed by atoms with Crippen LogP contribution >= 0.6 is 0 Å². The lowest BCUT2D eigenvalue weighted by Crippen LogP contribution is -2.27. The lowest BCUT2D eigenvalue weighted by molar-refractivity contribution is -0.120. The van der Waals surface area contributed by atoms with Gasteiger partial charge in [-0.15, -0.1) is 0 Å². The van der Waals surface area contributed by atoms with Crippen LogP contribution in [0.2, 0.25) is 0 Å². The molecule has 1 N–H and O–H groups in total. The van der Waals surface area contributed by atoms with Crippen molar-refractivity contribution in [3.63, 3.8) is 0 Å². The Labute approximate surface area is 134 Å². The molecule has 0 saturated heterocycles. The monoisotopic (exact) mass is 309 g/mol. The van der Waals surface area contributed by atoms with Crippen molar-refractivity contribution in [1.29, 1.82) is 0 Å². The molecule has 0 unspecified atom stereocenters. The Balaban J connectivity index is 1.51. The molecular formula is C18H19N3O2. The van der Waals surface area contributed by atoms with Gasteiger partial charge in [0.05, 0.1) is 25.2 Å². The summed E-state index contributed by atoms with van der Waals surface area (Å²) in [6, 6.07) is 13.5. The number of amides is 1. The highest BCUT2D eigenvalue weighted by Crippen LogP contribution is 2.11. The zero-order valence-corrected chi connectivity index (χ0v) is 13.0. The summed E-state index contributed by atoms with van der Waals surface area (Å²) >= 11 is 0. The van der Waals surface area contributed by atoms with Crippen LogP contribution in [0.25, 0.3) is 5.52 Å². The molecule has 0 fully saturated rings. The van der Waals surface area contributed by atoms with E-state index in [-0.39, 0.29) is 5.91 Å². The first-order valence-corrected chi connectivity index (χ1v) is 7.57. The maximum atomic E-state index is 12.0. The average molecular weight is 309 g/mol. The van der Waals surface area contributed by atoms with Crippen molar-refractivity contribution in [3.05, 3.63) is 66.2 Å². The van der Waals surface area contributed by atoms with Gasteiger partial charge in [0.25, 0.3) is 0 Å². The van der Waals surface area contributed by atoms with Crippen LogP contribution in [0.3, 0.4) is 0 Å². The number of benzene rings is 1. The number of nitrogens with one attached hydrogen (secondary N) is 1. The molecule has 0 aliphatic heterocycles. The van der Waals surface area contributed by atoms with Crippen molar-refractivity contribution in [2.45, 2.75) is 12.8 Å². The molecule has 0 saturated carbocycles. The first kappa shape index (κ1) is 15.1. The minimum absolute atomic E-state index is 0.0102. The molecule has 0 aliphatic carbocycles. The smallest absolute Gasteiger partial charge is 0.224 e. The highest BCUT2D eigenvalue weighted by atomic mass is 16.5. The van der Waals surface area contributed by atoms with Gasteiger partial charge in [0.1, 0.15) is 11.6 Å². The van der Waals surface area contributed by atoms with E-state index in [9.17, 15) is 4.79 Å². The molecule has 118 valence electrons. The quantitative estimate of drug-likeness (QED) is 0.760. The number of methoxy groups -OCH3 is 1. The van der Waals surface area contributed by atoms with Gasteiger partial charge in [-0.1, -0.05) is 18.2 Å². The van der Waals surface area contributed by atoms with Gasteiger partial charge in [-0.2, -0.15) is 0 Å². The third kappa shape index (κ3) is 3.69. The third-order valence-electron chi connectivity index (χ3n) is 3.71. The van der Waals surface area contributed by atoms with E-state index < -0.39 is 0 Å². The topological polar surface area (TPSA) is 55.6 Å². The van der Waals surface area contributed by atoms with E-state index in [0.717, 1.165) is 22.7 Å². The van der Waals surface area contributed by atoms with Gasteiger partial charge in [-0.3, -0.25) is 4.79 Å². The van der Waals surface area contributed by atoms with Crippen molar-refractivity contribution in [2.75, 3.05) is 13.7 Å². The summed E-state index contributed by atoms with van der Waals surface area (Å²) in [6.45, 7) is 0.572. The number of fused-ring (bicyclic) bond motifs is 1. The number of aromatic nitrogens is 2. The standard InChI is InChI=1S/C18H19N3O2/c1-23-16-7-5-14(6-8-16)12-18(22)19-10-9-17-20-13-15-4-2-3-11-21(15)17/h2-8,11,13H,9-10,12H2,1H3,(H,19,22). The maximum absolute atomic E-state index is 12.0. The van der Waals surface area contributed by atoms with E-state index in [1.54, 1.807) is 7.11 Å². The number of hydrogen-bond donors (Lipinski definition) is 1. The van der Waals surface area contributed by atoms with E-state index in [1.165, 1.54) is 0 Å². The largest absolute Gasteiger partial charge is 0.497 e. The van der Waals surface area contributed by atoms with Gasteiger partial charge < -0.3 is 14.5 Å². The Kier molecular flexibility index (Phi) is 4.57. The van der Waals surface area contributed by atoms with Crippen LogP contribution in [-0.2, 0) is 17.6 Å². The van der Waals surface area contributed by atoms with Crippen LogP contribution in [-0.4, -0.2) is 28.9 Å². The minimum Gasteiger partial charge on any atom is -0.497 e. The van der Waals surface area contributed by atoms with Crippen LogP contribution in [0.5, 0.6) is 5.75 Å². The number of carbonyl (C=O) groups is 1. The Bertz CT molecular complexity index is 793. The second-order valence-corrected chi connectivity index (χ2v) is 5.29. The summed E-state index contributed by atoms with van der Waals surface area (Å²) < 4.78 is 7.14. The number of ether oxygens (including phenoxy) is 1. The van der Waals surface area contributed by atoms with Crippen LogP contribution < -0.4 is 10.1 Å². The molecule has 1 aromatic carbocycles. The molecule has 0 spiro atoms. The normalized spacial score (nSPS) is 10.7. The Morgan fingerprint density at radius 1 is 1.22 bits per heavy atom. The highest BCUT2D eigenvalue weighted by molar-refractivity contribution is 5.78. The SMILES string of the molecule is COc1ccc(CC(=O)NCCc2ncc3ccccn23)cc1. The molecule has 5 nitrogen and oxygen atoms in total. The molecule has 0 bridgehead atoms. The number of carbonyl (C=O) groups excluding carboxylic acids is 1. The zero-order valence-electron chi connectivity index (χ0n) is 13.0. The fourth-order valence-corrected chi connectivity index (χ4v) is 2.49. The van der Waals surface area contributed by atoms with Crippen molar-refractivity contribution in [3.8, 4) is 5.75 Å². The first-order chi connectivity index (χ1) is 11.3. The number of hydrogen-bond acceptors (Lipinski definition) is 3. The summed E-state index contributed by atoms with van der Waals surface area (Å²) in [5, 5.41) is 2.94. The van der Waals surface area contributed by atoms with E-state index in [0.29, 0.717) is 19.4 Å². The van der Waals surface area contributed by atoms with Crippen molar-refractivity contribution >= 4 is 11.4 Å². The summed E-state index contributed by atoms with van der Waals surface area (Å²) in [4.78, 5) is 16.4. The first-order valence-electron chi connectivity index (χ1n) is 7.57. The van der Waals surface area contributed by atoms with Gasteiger partial charge in [0.2, 0.25) is 5.91 Å². The lowest BCUT2D eigenvalue weighted by atomic mass is 10.1. The third-order valence-corrected chi connectivity index (χ3v) is 3.71. The molecule has 1 amide bonds. The number of nitrogens with zero attached hydrogens (tertiary/aromatic N) is 2. The van der Waals surface area contributed by atoms with Gasteiger partial charge in [0.15, 0.2) is 0 Å². The minimum atomic E-state index is 0.0102. The van der Waals surface area contributed by atoms with Crippen molar-refractivity contribution in [1.82, 2.24) is 14.7 Å². The van der Waals surface area contributed by atoms with E-state index in [2.05, 4.69) is 10.3 Å². The van der Waals surface area contributed by atoms with Gasteiger partial charge in [-0.25, -0.2) is 4.98 Å². The van der Waals surface area contributed by atoms with Gasteiger partial charge >= 0.3 is 0 Å².